The highest BCUT2D eigenvalue weighted by Gasteiger charge is 2.29. The minimum absolute atomic E-state index is 0.288. The Morgan fingerprint density at radius 1 is 1.56 bits per heavy atom. The Morgan fingerprint density at radius 3 is 2.81 bits per heavy atom. The van der Waals surface area contributed by atoms with E-state index in [4.69, 9.17) is 5.73 Å². The molecule has 0 aromatic heterocycles. The van der Waals surface area contributed by atoms with E-state index in [1.807, 2.05) is 0 Å². The molecule has 0 heterocycles. The van der Waals surface area contributed by atoms with Gasteiger partial charge in [0, 0.05) is 16.1 Å². The number of hydrogen-bond acceptors (Lipinski definition) is 2. The molecule has 16 heavy (non-hydrogen) atoms. The molecule has 0 spiro atoms. The summed E-state index contributed by atoms with van der Waals surface area (Å²) < 4.78 is 14.3. The molecule has 0 aliphatic heterocycles. The van der Waals surface area contributed by atoms with Crippen LogP contribution >= 0.6 is 15.9 Å². The SMILES string of the molecule is NC(=O)C(NC1CC1)c1cc(Br)ccc1F. The highest BCUT2D eigenvalue weighted by Crippen LogP contribution is 2.27. The second kappa shape index (κ2) is 4.51. The summed E-state index contributed by atoms with van der Waals surface area (Å²) in [6.45, 7) is 0. The molecule has 1 aliphatic rings. The fourth-order valence-corrected chi connectivity index (χ4v) is 1.93. The van der Waals surface area contributed by atoms with Crippen LogP contribution in [0.1, 0.15) is 24.4 Å². The monoisotopic (exact) mass is 286 g/mol. The van der Waals surface area contributed by atoms with Crippen LogP contribution in [0.5, 0.6) is 0 Å². The predicted molar refractivity (Wildman–Crippen MR) is 62.2 cm³/mol. The van der Waals surface area contributed by atoms with Crippen molar-refractivity contribution < 1.29 is 9.18 Å². The van der Waals surface area contributed by atoms with Gasteiger partial charge < -0.3 is 5.73 Å². The first-order valence-corrected chi connectivity index (χ1v) is 5.87. The number of amides is 1. The summed E-state index contributed by atoms with van der Waals surface area (Å²) in [6, 6.07) is 4.04. The van der Waals surface area contributed by atoms with Gasteiger partial charge in [0.15, 0.2) is 0 Å². The van der Waals surface area contributed by atoms with Crippen LogP contribution in [-0.4, -0.2) is 11.9 Å². The molecule has 86 valence electrons. The maximum Gasteiger partial charge on any atom is 0.239 e. The first-order valence-electron chi connectivity index (χ1n) is 5.08. The molecule has 3 N–H and O–H groups in total. The van der Waals surface area contributed by atoms with Gasteiger partial charge in [0.05, 0.1) is 0 Å². The fourth-order valence-electron chi connectivity index (χ4n) is 1.55. The van der Waals surface area contributed by atoms with Gasteiger partial charge in [-0.1, -0.05) is 15.9 Å². The lowest BCUT2D eigenvalue weighted by Gasteiger charge is -2.16. The Bertz CT molecular complexity index is 420. The number of nitrogens with two attached hydrogens (primary N) is 1. The summed E-state index contributed by atoms with van der Waals surface area (Å²) in [5.41, 5.74) is 5.58. The standard InChI is InChI=1S/C11H12BrFN2O/c12-6-1-4-9(13)8(5-6)10(11(14)16)15-7-2-3-7/h1,4-5,7,10,15H,2-3H2,(H2,14,16). The van der Waals surface area contributed by atoms with Gasteiger partial charge in [-0.05, 0) is 31.0 Å². The van der Waals surface area contributed by atoms with Crippen LogP contribution < -0.4 is 11.1 Å². The second-order valence-electron chi connectivity index (χ2n) is 3.94. The van der Waals surface area contributed by atoms with Gasteiger partial charge in [-0.2, -0.15) is 0 Å². The summed E-state index contributed by atoms with van der Waals surface area (Å²) in [7, 11) is 0. The van der Waals surface area contributed by atoms with E-state index < -0.39 is 17.8 Å². The molecular formula is C11H12BrFN2O. The normalized spacial score (nSPS) is 17.1. The number of hydrogen-bond donors (Lipinski definition) is 2. The first-order chi connectivity index (χ1) is 7.58. The smallest absolute Gasteiger partial charge is 0.239 e. The van der Waals surface area contributed by atoms with Gasteiger partial charge in [-0.15, -0.1) is 0 Å². The maximum atomic E-state index is 13.6. The van der Waals surface area contributed by atoms with Crippen molar-refractivity contribution in [1.82, 2.24) is 5.32 Å². The Morgan fingerprint density at radius 2 is 2.25 bits per heavy atom. The lowest BCUT2D eigenvalue weighted by molar-refractivity contribution is -0.120. The highest BCUT2D eigenvalue weighted by atomic mass is 79.9. The molecule has 1 atom stereocenters. The maximum absolute atomic E-state index is 13.6. The molecule has 1 aliphatic carbocycles. The molecule has 1 amide bonds. The quantitative estimate of drug-likeness (QED) is 0.888. The van der Waals surface area contributed by atoms with Crippen molar-refractivity contribution >= 4 is 21.8 Å². The van der Waals surface area contributed by atoms with E-state index >= 15 is 0 Å². The minimum Gasteiger partial charge on any atom is -0.368 e. The van der Waals surface area contributed by atoms with Crippen LogP contribution in [-0.2, 0) is 4.79 Å². The Labute approximate surface area is 101 Å². The molecule has 1 unspecified atom stereocenters. The van der Waals surface area contributed by atoms with E-state index in [0.29, 0.717) is 5.56 Å². The van der Waals surface area contributed by atoms with E-state index in [1.54, 1.807) is 12.1 Å². The number of carbonyl (C=O) groups excluding carboxylic acids is 1. The molecule has 5 heteroatoms. The molecule has 0 saturated heterocycles. The van der Waals surface area contributed by atoms with E-state index in [0.717, 1.165) is 17.3 Å². The molecule has 2 rings (SSSR count). The zero-order chi connectivity index (χ0) is 11.7. The van der Waals surface area contributed by atoms with Crippen LogP contribution in [0.2, 0.25) is 0 Å². The largest absolute Gasteiger partial charge is 0.368 e. The van der Waals surface area contributed by atoms with Gasteiger partial charge in [0.25, 0.3) is 0 Å². The molecule has 1 saturated carbocycles. The minimum atomic E-state index is -0.745. The van der Waals surface area contributed by atoms with E-state index in [-0.39, 0.29) is 6.04 Å². The van der Waals surface area contributed by atoms with Gasteiger partial charge in [0.2, 0.25) is 5.91 Å². The molecule has 1 aromatic rings. The topological polar surface area (TPSA) is 55.1 Å². The zero-order valence-electron chi connectivity index (χ0n) is 8.54. The van der Waals surface area contributed by atoms with Crippen molar-refractivity contribution in [2.24, 2.45) is 5.73 Å². The number of benzene rings is 1. The molecule has 0 radical (unpaired) electrons. The van der Waals surface area contributed by atoms with Gasteiger partial charge in [-0.3, -0.25) is 10.1 Å². The van der Waals surface area contributed by atoms with Crippen LogP contribution in [0.4, 0.5) is 4.39 Å². The lowest BCUT2D eigenvalue weighted by Crippen LogP contribution is -2.35. The average molecular weight is 287 g/mol. The van der Waals surface area contributed by atoms with Crippen molar-refractivity contribution in [3.8, 4) is 0 Å². The number of rotatable bonds is 4. The average Bonchev–Trinajstić information content (AvgIpc) is 3.02. The van der Waals surface area contributed by atoms with Crippen LogP contribution in [0, 0.1) is 5.82 Å². The Kier molecular flexibility index (Phi) is 3.25. The molecular weight excluding hydrogens is 275 g/mol. The first kappa shape index (κ1) is 11.5. The molecule has 3 nitrogen and oxygen atoms in total. The fraction of sp³-hybridized carbons (Fsp3) is 0.364. The van der Waals surface area contributed by atoms with E-state index in [2.05, 4.69) is 21.2 Å². The van der Waals surface area contributed by atoms with Crippen molar-refractivity contribution in [2.45, 2.75) is 24.9 Å². The van der Waals surface area contributed by atoms with Crippen molar-refractivity contribution in [2.75, 3.05) is 0 Å². The predicted octanol–water partition coefficient (Wildman–Crippen LogP) is 1.87. The summed E-state index contributed by atoms with van der Waals surface area (Å²) in [6.07, 6.45) is 2.03. The van der Waals surface area contributed by atoms with Gasteiger partial charge in [-0.25, -0.2) is 4.39 Å². The van der Waals surface area contributed by atoms with Gasteiger partial charge in [0.1, 0.15) is 11.9 Å². The summed E-state index contributed by atoms with van der Waals surface area (Å²) >= 11 is 3.25. The Balaban J connectivity index is 2.29. The lowest BCUT2D eigenvalue weighted by atomic mass is 10.1. The second-order valence-corrected chi connectivity index (χ2v) is 4.86. The number of primary amides is 1. The number of carbonyl (C=O) groups is 1. The third kappa shape index (κ3) is 2.59. The highest BCUT2D eigenvalue weighted by molar-refractivity contribution is 9.10. The Hall–Kier alpha value is -0.940. The van der Waals surface area contributed by atoms with Crippen LogP contribution in [0.3, 0.4) is 0 Å². The van der Waals surface area contributed by atoms with Gasteiger partial charge >= 0.3 is 0 Å². The van der Waals surface area contributed by atoms with Crippen molar-refractivity contribution in [3.63, 3.8) is 0 Å². The summed E-state index contributed by atoms with van der Waals surface area (Å²) in [5.74, 6) is -0.968. The zero-order valence-corrected chi connectivity index (χ0v) is 10.1. The summed E-state index contributed by atoms with van der Waals surface area (Å²) in [5, 5.41) is 3.04. The molecule has 1 aromatic carbocycles. The number of nitrogens with one attached hydrogen (secondary N) is 1. The third-order valence-electron chi connectivity index (χ3n) is 2.53. The van der Waals surface area contributed by atoms with Crippen LogP contribution in [0.15, 0.2) is 22.7 Å². The van der Waals surface area contributed by atoms with E-state index in [1.165, 1.54) is 6.07 Å². The van der Waals surface area contributed by atoms with Crippen LogP contribution in [0.25, 0.3) is 0 Å². The number of halogens is 2. The van der Waals surface area contributed by atoms with Crippen molar-refractivity contribution in [3.05, 3.63) is 34.1 Å². The third-order valence-corrected chi connectivity index (χ3v) is 3.03. The van der Waals surface area contributed by atoms with E-state index in [9.17, 15) is 9.18 Å². The molecule has 0 bridgehead atoms. The summed E-state index contributed by atoms with van der Waals surface area (Å²) in [4.78, 5) is 11.3. The van der Waals surface area contributed by atoms with Crippen molar-refractivity contribution in [1.29, 1.82) is 0 Å². The molecule has 1 fully saturated rings.